The van der Waals surface area contributed by atoms with Crippen molar-refractivity contribution >= 4 is 37.2 Å². The van der Waals surface area contributed by atoms with Gasteiger partial charge in [0.05, 0.1) is 18.8 Å². The largest absolute Gasteiger partial charge is 0.462 e. The average molecular weight is 506 g/mol. The van der Waals surface area contributed by atoms with Crippen LogP contribution in [0, 0.1) is 0 Å². The van der Waals surface area contributed by atoms with E-state index in [-0.39, 0.29) is 30.1 Å². The van der Waals surface area contributed by atoms with Crippen molar-refractivity contribution in [3.8, 4) is 0 Å². The molecule has 190 valence electrons. The third kappa shape index (κ3) is 12.2. The minimum atomic E-state index is -1.13. The standard InChI is InChI=1S/C22H40N3O6PS/c1-16(2)31-22(28)18(4)24-32(33-20-9-7-8-10-20)30-14-19(29-6)13-17(3)25(15-26)12-11-21(27)23-5/h11-12,15-20,24H,7-10,13-14H2,1-6H3,(H,23,27)/b12-11-. The Morgan fingerprint density at radius 1 is 1.21 bits per heavy atom. The Bertz CT molecular complexity index is 633. The van der Waals surface area contributed by atoms with E-state index in [1.807, 2.05) is 20.8 Å². The topological polar surface area (TPSA) is 106 Å². The second kappa shape index (κ2) is 16.4. The van der Waals surface area contributed by atoms with Crippen molar-refractivity contribution in [1.82, 2.24) is 15.3 Å². The van der Waals surface area contributed by atoms with Gasteiger partial charge in [-0.3, -0.25) is 19.5 Å². The molecule has 0 aromatic rings. The summed E-state index contributed by atoms with van der Waals surface area (Å²) in [5.74, 6) is -0.582. The lowest BCUT2D eigenvalue weighted by Gasteiger charge is -2.28. The number of hydrogen-bond donors (Lipinski definition) is 2. The third-order valence-corrected chi connectivity index (χ3v) is 9.19. The Morgan fingerprint density at radius 3 is 2.42 bits per heavy atom. The number of methoxy groups -OCH3 is 1. The molecular weight excluding hydrogens is 465 g/mol. The van der Waals surface area contributed by atoms with Crippen LogP contribution in [0.2, 0.25) is 0 Å². The van der Waals surface area contributed by atoms with Crippen LogP contribution < -0.4 is 10.4 Å². The van der Waals surface area contributed by atoms with E-state index in [9.17, 15) is 14.4 Å². The SMILES string of the molecule is CNC(=O)/C=C\N(C=O)C(C)CC(COP(NC(C)C(=O)OC(C)C)SC1CCCC1)OC. The molecule has 0 aromatic carbocycles. The van der Waals surface area contributed by atoms with E-state index < -0.39 is 13.5 Å². The number of carbonyl (C=O) groups excluding carboxylic acids is 3. The predicted molar refractivity (Wildman–Crippen MR) is 133 cm³/mol. The van der Waals surface area contributed by atoms with Gasteiger partial charge in [0.25, 0.3) is 0 Å². The predicted octanol–water partition coefficient (Wildman–Crippen LogP) is 3.35. The highest BCUT2D eigenvalue weighted by atomic mass is 32.7. The zero-order chi connectivity index (χ0) is 24.8. The molecular formula is C22H40N3O6PS. The molecule has 4 atom stereocenters. The summed E-state index contributed by atoms with van der Waals surface area (Å²) in [7, 11) is 2.00. The van der Waals surface area contributed by atoms with Crippen LogP contribution in [0.5, 0.6) is 0 Å². The normalized spacial score (nSPS) is 18.2. The lowest BCUT2D eigenvalue weighted by Crippen LogP contribution is -2.35. The molecule has 0 aromatic heterocycles. The minimum Gasteiger partial charge on any atom is -0.462 e. The van der Waals surface area contributed by atoms with E-state index in [1.54, 1.807) is 25.4 Å². The van der Waals surface area contributed by atoms with Crippen molar-refractivity contribution in [2.75, 3.05) is 20.8 Å². The number of nitrogens with zero attached hydrogens (tertiary/aromatic N) is 1. The molecule has 0 radical (unpaired) electrons. The Balaban J connectivity index is 2.70. The number of rotatable bonds is 16. The number of likely N-dealkylation sites (N-methyl/N-ethyl adjacent to an activating group) is 1. The first-order valence-electron chi connectivity index (χ1n) is 11.4. The van der Waals surface area contributed by atoms with Gasteiger partial charge in [-0.25, -0.2) is 0 Å². The minimum absolute atomic E-state index is 0.172. The highest BCUT2D eigenvalue weighted by Crippen LogP contribution is 2.53. The molecule has 1 aliphatic rings. The van der Waals surface area contributed by atoms with Crippen molar-refractivity contribution in [3.05, 3.63) is 12.3 Å². The quantitative estimate of drug-likeness (QED) is 0.142. The van der Waals surface area contributed by atoms with Gasteiger partial charge in [0.1, 0.15) is 6.04 Å². The summed E-state index contributed by atoms with van der Waals surface area (Å²) in [6, 6.07) is -0.675. The number of amides is 2. The van der Waals surface area contributed by atoms with Gasteiger partial charge in [0.2, 0.25) is 12.3 Å². The number of carbonyl (C=O) groups is 3. The highest BCUT2D eigenvalue weighted by molar-refractivity contribution is 8.54. The van der Waals surface area contributed by atoms with Crippen molar-refractivity contribution in [2.45, 2.75) is 89.3 Å². The van der Waals surface area contributed by atoms with E-state index in [0.29, 0.717) is 24.7 Å². The molecule has 11 heteroatoms. The molecule has 0 heterocycles. The fraction of sp³-hybridized carbons (Fsp3) is 0.773. The molecule has 1 aliphatic carbocycles. The Hall–Kier alpha value is -1.19. The van der Waals surface area contributed by atoms with E-state index in [4.69, 9.17) is 14.0 Å². The summed E-state index contributed by atoms with van der Waals surface area (Å²) >= 11 is 1.76. The van der Waals surface area contributed by atoms with Gasteiger partial charge in [0.15, 0.2) is 7.50 Å². The van der Waals surface area contributed by atoms with Gasteiger partial charge in [-0.15, -0.1) is 0 Å². The van der Waals surface area contributed by atoms with Crippen molar-refractivity contribution in [2.24, 2.45) is 0 Å². The molecule has 2 amide bonds. The first-order chi connectivity index (χ1) is 15.7. The molecule has 33 heavy (non-hydrogen) atoms. The summed E-state index contributed by atoms with van der Waals surface area (Å²) in [5.41, 5.74) is 0. The van der Waals surface area contributed by atoms with E-state index in [2.05, 4.69) is 10.4 Å². The summed E-state index contributed by atoms with van der Waals surface area (Å²) in [6.45, 7) is 7.64. The summed E-state index contributed by atoms with van der Waals surface area (Å²) in [4.78, 5) is 36.6. The first-order valence-corrected chi connectivity index (χ1v) is 14.2. The van der Waals surface area contributed by atoms with Gasteiger partial charge < -0.3 is 24.2 Å². The van der Waals surface area contributed by atoms with Crippen LogP contribution in [0.1, 0.15) is 59.8 Å². The number of esters is 1. The fourth-order valence-electron chi connectivity index (χ4n) is 3.18. The van der Waals surface area contributed by atoms with Crippen LogP contribution in [0.15, 0.2) is 12.3 Å². The fourth-order valence-corrected chi connectivity index (χ4v) is 7.38. The lowest BCUT2D eigenvalue weighted by molar-refractivity contribution is -0.149. The average Bonchev–Trinajstić information content (AvgIpc) is 3.28. The molecule has 0 bridgehead atoms. The summed E-state index contributed by atoms with van der Waals surface area (Å²) in [6.07, 6.45) is 8.27. The third-order valence-electron chi connectivity index (χ3n) is 5.14. The molecule has 0 aliphatic heterocycles. The van der Waals surface area contributed by atoms with E-state index in [0.717, 1.165) is 12.8 Å². The second-order valence-electron chi connectivity index (χ2n) is 8.33. The van der Waals surface area contributed by atoms with Gasteiger partial charge >= 0.3 is 5.97 Å². The maximum atomic E-state index is 12.3. The monoisotopic (exact) mass is 505 g/mol. The van der Waals surface area contributed by atoms with E-state index in [1.165, 1.54) is 37.1 Å². The van der Waals surface area contributed by atoms with Gasteiger partial charge in [-0.1, -0.05) is 24.2 Å². The molecule has 2 N–H and O–H groups in total. The van der Waals surface area contributed by atoms with Gasteiger partial charge in [-0.05, 0) is 47.0 Å². The first kappa shape index (κ1) is 29.8. The molecule has 1 rings (SSSR count). The lowest BCUT2D eigenvalue weighted by atomic mass is 10.1. The van der Waals surface area contributed by atoms with Crippen molar-refractivity contribution in [1.29, 1.82) is 0 Å². The van der Waals surface area contributed by atoms with Crippen LogP contribution in [0.25, 0.3) is 0 Å². The van der Waals surface area contributed by atoms with Crippen molar-refractivity contribution < 1.29 is 28.4 Å². The molecule has 1 fully saturated rings. The second-order valence-corrected chi connectivity index (χ2v) is 11.9. The number of nitrogens with one attached hydrogen (secondary N) is 2. The Kier molecular flexibility index (Phi) is 14.9. The Morgan fingerprint density at radius 2 is 1.88 bits per heavy atom. The summed E-state index contributed by atoms with van der Waals surface area (Å²) < 4.78 is 17.1. The van der Waals surface area contributed by atoms with Gasteiger partial charge in [0, 0.05) is 37.7 Å². The Labute approximate surface area is 203 Å². The number of hydrogen-bond acceptors (Lipinski definition) is 8. The maximum Gasteiger partial charge on any atom is 0.323 e. The summed E-state index contributed by atoms with van der Waals surface area (Å²) in [5, 5.41) is 6.30. The highest BCUT2D eigenvalue weighted by Gasteiger charge is 2.27. The van der Waals surface area contributed by atoms with Crippen LogP contribution in [-0.2, 0) is 28.4 Å². The molecule has 0 saturated heterocycles. The van der Waals surface area contributed by atoms with Crippen LogP contribution in [0.3, 0.4) is 0 Å². The van der Waals surface area contributed by atoms with Crippen molar-refractivity contribution in [3.63, 3.8) is 0 Å². The van der Waals surface area contributed by atoms with Crippen LogP contribution in [0.4, 0.5) is 0 Å². The van der Waals surface area contributed by atoms with Crippen LogP contribution in [-0.4, -0.2) is 73.5 Å². The molecule has 0 spiro atoms. The maximum absolute atomic E-state index is 12.3. The van der Waals surface area contributed by atoms with E-state index >= 15 is 0 Å². The zero-order valence-electron chi connectivity index (χ0n) is 20.6. The zero-order valence-corrected chi connectivity index (χ0v) is 22.3. The smallest absolute Gasteiger partial charge is 0.323 e. The molecule has 4 unspecified atom stereocenters. The molecule has 1 saturated carbocycles. The molecule has 9 nitrogen and oxygen atoms in total. The van der Waals surface area contributed by atoms with Gasteiger partial charge in [-0.2, -0.15) is 0 Å². The number of ether oxygens (including phenoxy) is 2. The van der Waals surface area contributed by atoms with Crippen LogP contribution >= 0.6 is 18.9 Å².